The van der Waals surface area contributed by atoms with Crippen LogP contribution in [0.1, 0.15) is 39.8 Å². The van der Waals surface area contributed by atoms with E-state index in [1.54, 1.807) is 7.11 Å². The summed E-state index contributed by atoms with van der Waals surface area (Å²) in [5, 5.41) is 11.1. The number of nitrogens with zero attached hydrogens (tertiary/aromatic N) is 2. The third kappa shape index (κ3) is 4.84. The Bertz CT molecular complexity index is 441. The molecule has 19 heavy (non-hydrogen) atoms. The summed E-state index contributed by atoms with van der Waals surface area (Å²) >= 11 is 5.84. The van der Waals surface area contributed by atoms with Gasteiger partial charge in [0.2, 0.25) is 0 Å². The van der Waals surface area contributed by atoms with E-state index in [0.717, 1.165) is 6.42 Å². The summed E-state index contributed by atoms with van der Waals surface area (Å²) in [6.45, 7) is 12.8. The molecule has 1 N–H and O–H groups in total. The number of ether oxygens (including phenoxy) is 1. The maximum atomic E-state index is 5.84. The highest BCUT2D eigenvalue weighted by Crippen LogP contribution is 2.32. The van der Waals surface area contributed by atoms with E-state index in [-0.39, 0.29) is 11.0 Å². The van der Waals surface area contributed by atoms with Gasteiger partial charge in [-0.3, -0.25) is 0 Å². The molecule has 0 fully saturated rings. The molecule has 6 heteroatoms. The fraction of sp³-hybridized carbons (Fsp3) is 0.692. The molecule has 0 aliphatic carbocycles. The quantitative estimate of drug-likeness (QED) is 0.831. The van der Waals surface area contributed by atoms with Crippen LogP contribution in [0.15, 0.2) is 11.2 Å². The highest BCUT2D eigenvalue weighted by molar-refractivity contribution is 6.48. The van der Waals surface area contributed by atoms with Crippen LogP contribution in [-0.2, 0) is 4.74 Å². The minimum atomic E-state index is -0.207. The van der Waals surface area contributed by atoms with Crippen LogP contribution in [0.5, 0.6) is 0 Å². The second-order valence-corrected chi connectivity index (χ2v) is 6.61. The fourth-order valence-corrected chi connectivity index (χ4v) is 2.58. The topological polar surface area (TPSA) is 60.2 Å². The number of aromatic nitrogens is 2. The predicted octanol–water partition coefficient (Wildman–Crippen LogP) is 3.53. The molecule has 0 amide bonds. The van der Waals surface area contributed by atoms with E-state index in [4.69, 9.17) is 21.0 Å². The smallest absolute Gasteiger partial charge is 0.200 e. The van der Waals surface area contributed by atoms with Crippen molar-refractivity contribution in [2.24, 2.45) is 5.41 Å². The summed E-state index contributed by atoms with van der Waals surface area (Å²) in [5.41, 5.74) is 0.279. The lowest BCUT2D eigenvalue weighted by atomic mass is 9.80. The Morgan fingerprint density at radius 2 is 2.00 bits per heavy atom. The van der Waals surface area contributed by atoms with Crippen molar-refractivity contribution in [3.05, 3.63) is 12.3 Å². The van der Waals surface area contributed by atoms with Gasteiger partial charge in [-0.05, 0) is 36.0 Å². The molecule has 0 atom stereocenters. The Labute approximate surface area is 119 Å². The van der Waals surface area contributed by atoms with E-state index in [2.05, 4.69) is 49.9 Å². The third-order valence-corrected chi connectivity index (χ3v) is 2.84. The van der Waals surface area contributed by atoms with Crippen molar-refractivity contribution in [3.8, 4) is 0 Å². The average molecular weight is 288 g/mol. The summed E-state index contributed by atoms with van der Waals surface area (Å²) in [4.78, 5) is 0. The average Bonchev–Trinajstić information content (AvgIpc) is 2.62. The van der Waals surface area contributed by atoms with Crippen LogP contribution in [0.3, 0.4) is 0 Å². The Kier molecular flexibility index (Phi) is 4.98. The van der Waals surface area contributed by atoms with Crippen LogP contribution in [0, 0.1) is 5.41 Å². The van der Waals surface area contributed by atoms with Crippen LogP contribution in [-0.4, -0.2) is 29.6 Å². The first kappa shape index (κ1) is 16.0. The summed E-state index contributed by atoms with van der Waals surface area (Å²) < 4.78 is 9.94. The number of halogens is 1. The molecule has 108 valence electrons. The number of anilines is 1. The first-order valence-corrected chi connectivity index (χ1v) is 6.49. The SMILES string of the molecule is C=C(Cl)c1nonc1NC(C)(C)CC(C)(C)COC. The van der Waals surface area contributed by atoms with Crippen molar-refractivity contribution in [3.63, 3.8) is 0 Å². The van der Waals surface area contributed by atoms with Gasteiger partial charge in [-0.2, -0.15) is 0 Å². The Hall–Kier alpha value is -1.07. The van der Waals surface area contributed by atoms with Gasteiger partial charge in [0, 0.05) is 12.6 Å². The van der Waals surface area contributed by atoms with Gasteiger partial charge in [0.05, 0.1) is 11.6 Å². The summed E-state index contributed by atoms with van der Waals surface area (Å²) in [6, 6.07) is 0. The maximum Gasteiger partial charge on any atom is 0.200 e. The highest BCUT2D eigenvalue weighted by Gasteiger charge is 2.30. The molecule has 0 saturated heterocycles. The minimum Gasteiger partial charge on any atom is -0.384 e. The maximum absolute atomic E-state index is 5.84. The molecule has 1 aromatic heterocycles. The van der Waals surface area contributed by atoms with Crippen LogP contribution in [0.2, 0.25) is 0 Å². The molecule has 1 heterocycles. The van der Waals surface area contributed by atoms with E-state index >= 15 is 0 Å². The summed E-state index contributed by atoms with van der Waals surface area (Å²) in [7, 11) is 1.71. The second kappa shape index (κ2) is 5.92. The Morgan fingerprint density at radius 3 is 2.53 bits per heavy atom. The molecule has 0 radical (unpaired) electrons. The Balaban J connectivity index is 2.79. The molecule has 1 rings (SSSR count). The minimum absolute atomic E-state index is 0.0422. The van der Waals surface area contributed by atoms with Crippen molar-refractivity contribution in [2.45, 2.75) is 39.7 Å². The van der Waals surface area contributed by atoms with E-state index in [1.165, 1.54) is 0 Å². The van der Waals surface area contributed by atoms with Crippen molar-refractivity contribution in [1.29, 1.82) is 0 Å². The number of nitrogens with one attached hydrogen (secondary N) is 1. The number of rotatable bonds is 7. The molecule has 0 aromatic carbocycles. The predicted molar refractivity (Wildman–Crippen MR) is 77.2 cm³/mol. The molecule has 0 spiro atoms. The van der Waals surface area contributed by atoms with Crippen molar-refractivity contribution < 1.29 is 9.37 Å². The lowest BCUT2D eigenvalue weighted by molar-refractivity contribution is 0.0867. The van der Waals surface area contributed by atoms with Gasteiger partial charge in [0.25, 0.3) is 0 Å². The monoisotopic (exact) mass is 287 g/mol. The summed E-state index contributed by atoms with van der Waals surface area (Å²) in [6.07, 6.45) is 0.884. The zero-order valence-corrected chi connectivity index (χ0v) is 13.0. The second-order valence-electron chi connectivity index (χ2n) is 6.15. The number of hydrogen-bond donors (Lipinski definition) is 1. The van der Waals surface area contributed by atoms with Crippen molar-refractivity contribution in [1.82, 2.24) is 10.3 Å². The van der Waals surface area contributed by atoms with Gasteiger partial charge in [0.1, 0.15) is 0 Å². The number of methoxy groups -OCH3 is 1. The van der Waals surface area contributed by atoms with Crippen molar-refractivity contribution in [2.75, 3.05) is 19.0 Å². The van der Waals surface area contributed by atoms with E-state index in [1.807, 2.05) is 0 Å². The molecule has 0 unspecified atom stereocenters. The van der Waals surface area contributed by atoms with Crippen LogP contribution < -0.4 is 5.32 Å². The molecule has 0 bridgehead atoms. The first-order chi connectivity index (χ1) is 8.67. The van der Waals surface area contributed by atoms with E-state index < -0.39 is 0 Å². The molecular weight excluding hydrogens is 266 g/mol. The molecule has 0 saturated carbocycles. The van der Waals surface area contributed by atoms with E-state index in [9.17, 15) is 0 Å². The standard InChI is InChI=1S/C13H22ClN3O2/c1-9(14)10-11(17-19-16-10)15-13(4,5)7-12(2,3)8-18-6/h1,7-8H2,2-6H3,(H,15,17). The lowest BCUT2D eigenvalue weighted by Crippen LogP contribution is -2.38. The molecule has 0 aliphatic heterocycles. The van der Waals surface area contributed by atoms with E-state index in [0.29, 0.717) is 23.2 Å². The van der Waals surface area contributed by atoms with Gasteiger partial charge in [-0.1, -0.05) is 32.0 Å². The zero-order valence-electron chi connectivity index (χ0n) is 12.2. The van der Waals surface area contributed by atoms with Crippen LogP contribution in [0.25, 0.3) is 5.03 Å². The molecule has 1 aromatic rings. The van der Waals surface area contributed by atoms with Gasteiger partial charge >= 0.3 is 0 Å². The largest absolute Gasteiger partial charge is 0.384 e. The Morgan fingerprint density at radius 1 is 1.37 bits per heavy atom. The van der Waals surface area contributed by atoms with Gasteiger partial charge in [-0.25, -0.2) is 4.63 Å². The third-order valence-electron chi connectivity index (χ3n) is 2.66. The van der Waals surface area contributed by atoms with Gasteiger partial charge in [-0.15, -0.1) is 0 Å². The number of hydrogen-bond acceptors (Lipinski definition) is 5. The van der Waals surface area contributed by atoms with Crippen LogP contribution >= 0.6 is 11.6 Å². The molecule has 5 nitrogen and oxygen atoms in total. The first-order valence-electron chi connectivity index (χ1n) is 6.11. The lowest BCUT2D eigenvalue weighted by Gasteiger charge is -2.35. The van der Waals surface area contributed by atoms with Gasteiger partial charge < -0.3 is 10.1 Å². The van der Waals surface area contributed by atoms with Gasteiger partial charge in [0.15, 0.2) is 11.5 Å². The summed E-state index contributed by atoms with van der Waals surface area (Å²) in [5.74, 6) is 0.512. The van der Waals surface area contributed by atoms with Crippen molar-refractivity contribution >= 4 is 22.5 Å². The zero-order chi connectivity index (χ0) is 14.7. The highest BCUT2D eigenvalue weighted by atomic mass is 35.5. The van der Waals surface area contributed by atoms with Crippen LogP contribution in [0.4, 0.5) is 5.82 Å². The normalized spacial score (nSPS) is 12.5. The fourth-order valence-electron chi connectivity index (χ4n) is 2.45. The molecular formula is C13H22ClN3O2. The molecule has 0 aliphatic rings.